The van der Waals surface area contributed by atoms with Crippen molar-refractivity contribution in [3.05, 3.63) is 81.5 Å². The Morgan fingerprint density at radius 1 is 1.24 bits per heavy atom. The summed E-state index contributed by atoms with van der Waals surface area (Å²) in [7, 11) is -1.94. The molecule has 1 aromatic heterocycles. The number of anilines is 2. The van der Waals surface area contributed by atoms with Crippen LogP contribution in [0.25, 0.3) is 0 Å². The molecule has 0 fully saturated rings. The van der Waals surface area contributed by atoms with E-state index in [9.17, 15) is 12.6 Å². The van der Waals surface area contributed by atoms with Crippen molar-refractivity contribution in [2.75, 3.05) is 29.8 Å². The first-order chi connectivity index (χ1) is 17.8. The first kappa shape index (κ1) is 26.1. The Morgan fingerprint density at radius 2 is 2.05 bits per heavy atom. The monoisotopic (exact) mass is 578 g/mol. The first-order valence-corrected chi connectivity index (χ1v) is 15.8. The summed E-state index contributed by atoms with van der Waals surface area (Å²) in [5.41, 5.74) is 2.99. The number of ether oxygens (including phenoxy) is 1. The molecule has 0 bridgehead atoms. The number of likely N-dealkylation sites (N-methyl/N-ethyl adjacent to an activating group) is 1. The lowest BCUT2D eigenvalue weighted by Gasteiger charge is -2.28. The van der Waals surface area contributed by atoms with Gasteiger partial charge in [-0.1, -0.05) is 18.2 Å². The van der Waals surface area contributed by atoms with Gasteiger partial charge in [-0.15, -0.1) is 23.1 Å². The molecule has 0 saturated heterocycles. The van der Waals surface area contributed by atoms with Gasteiger partial charge in [0.2, 0.25) is 10.0 Å². The maximum atomic E-state index is 13.5. The Bertz CT molecular complexity index is 1410. The van der Waals surface area contributed by atoms with E-state index in [2.05, 4.69) is 14.8 Å². The van der Waals surface area contributed by atoms with Crippen molar-refractivity contribution in [1.29, 1.82) is 0 Å². The average Bonchev–Trinajstić information content (AvgIpc) is 3.57. The molecule has 0 amide bonds. The van der Waals surface area contributed by atoms with E-state index < -0.39 is 27.3 Å². The maximum absolute atomic E-state index is 13.5. The summed E-state index contributed by atoms with van der Waals surface area (Å²) in [5, 5.41) is 7.47. The van der Waals surface area contributed by atoms with Crippen molar-refractivity contribution in [3.8, 4) is 5.75 Å². The normalized spacial score (nSPS) is 18.8. The zero-order valence-electron chi connectivity index (χ0n) is 19.8. The van der Waals surface area contributed by atoms with Gasteiger partial charge in [0, 0.05) is 29.4 Å². The third kappa shape index (κ3) is 6.13. The van der Waals surface area contributed by atoms with Crippen LogP contribution in [-0.2, 0) is 27.7 Å². The Morgan fingerprint density at radius 3 is 2.78 bits per heavy atom. The fourth-order valence-corrected chi connectivity index (χ4v) is 7.63. The topological polar surface area (TPSA) is 120 Å². The molecule has 0 aliphatic carbocycles. The van der Waals surface area contributed by atoms with Crippen molar-refractivity contribution < 1.29 is 21.9 Å². The van der Waals surface area contributed by atoms with Crippen LogP contribution >= 0.6 is 23.1 Å². The van der Waals surface area contributed by atoms with Crippen LogP contribution in [0.3, 0.4) is 0 Å². The summed E-state index contributed by atoms with van der Waals surface area (Å²) in [5.74, 6) is 0.545. The van der Waals surface area contributed by atoms with Gasteiger partial charge in [-0.25, -0.2) is 17.3 Å². The number of nitrogens with one attached hydrogen (secondary N) is 3. The van der Waals surface area contributed by atoms with E-state index in [1.165, 1.54) is 0 Å². The van der Waals surface area contributed by atoms with E-state index in [0.717, 1.165) is 28.4 Å². The Balaban J connectivity index is 1.39. The molecule has 13 heteroatoms. The standard InChI is InChI=1S/C24H26N4O5S4/c1-28-10-11-33-22-14-18(8-9-21(22)28)37(31,32)27-19(13-16-4-6-17(7-5-16)26-36(29)30)20-15-35-24(25-20)23-3-2-12-34-23/h2-9,12,14-15,19,24-27H,10-11,13H2,1H3,(H,29,30)/t19-,24?/m0/s1. The van der Waals surface area contributed by atoms with Crippen LogP contribution < -0.4 is 24.4 Å². The second-order valence-electron chi connectivity index (χ2n) is 8.57. The predicted octanol–water partition coefficient (Wildman–Crippen LogP) is 3.89. The van der Waals surface area contributed by atoms with Gasteiger partial charge in [-0.05, 0) is 53.1 Å². The van der Waals surface area contributed by atoms with Gasteiger partial charge < -0.3 is 15.0 Å². The molecular weight excluding hydrogens is 553 g/mol. The Hall–Kier alpha value is -2.55. The first-order valence-electron chi connectivity index (χ1n) is 11.4. The highest BCUT2D eigenvalue weighted by molar-refractivity contribution is 8.02. The van der Waals surface area contributed by atoms with Crippen LogP contribution in [0.15, 0.2) is 76.0 Å². The summed E-state index contributed by atoms with van der Waals surface area (Å²) in [4.78, 5) is 3.32. The van der Waals surface area contributed by atoms with Crippen molar-refractivity contribution in [2.24, 2.45) is 0 Å². The van der Waals surface area contributed by atoms with Crippen LogP contribution in [-0.4, -0.2) is 43.4 Å². The summed E-state index contributed by atoms with van der Waals surface area (Å²) >= 11 is 1.08. The summed E-state index contributed by atoms with van der Waals surface area (Å²) in [6, 6.07) is 15.4. The lowest BCUT2D eigenvalue weighted by atomic mass is 10.0. The number of hydrogen-bond donors (Lipinski definition) is 4. The van der Waals surface area contributed by atoms with Crippen molar-refractivity contribution >= 4 is 55.8 Å². The molecule has 0 saturated carbocycles. The smallest absolute Gasteiger partial charge is 0.259 e. The van der Waals surface area contributed by atoms with Crippen LogP contribution in [0.4, 0.5) is 11.4 Å². The van der Waals surface area contributed by atoms with E-state index in [4.69, 9.17) is 9.29 Å². The third-order valence-corrected chi connectivity index (χ3v) is 10.0. The second kappa shape index (κ2) is 11.1. The maximum Gasteiger partial charge on any atom is 0.259 e. The van der Waals surface area contributed by atoms with Gasteiger partial charge in [0.05, 0.1) is 23.2 Å². The van der Waals surface area contributed by atoms with Gasteiger partial charge in [-0.3, -0.25) is 9.27 Å². The van der Waals surface area contributed by atoms with E-state index in [0.29, 0.717) is 24.5 Å². The number of rotatable bonds is 9. The predicted molar refractivity (Wildman–Crippen MR) is 150 cm³/mol. The van der Waals surface area contributed by atoms with Crippen molar-refractivity contribution in [3.63, 3.8) is 0 Å². The van der Waals surface area contributed by atoms with Crippen LogP contribution in [0.2, 0.25) is 0 Å². The highest BCUT2D eigenvalue weighted by atomic mass is 32.2. The fourth-order valence-electron chi connectivity index (χ4n) is 4.14. The van der Waals surface area contributed by atoms with E-state index in [-0.39, 0.29) is 10.3 Å². The number of fused-ring (bicyclic) bond motifs is 1. The summed E-state index contributed by atoms with van der Waals surface area (Å²) in [6.07, 6.45) is 0.377. The molecule has 196 valence electrons. The molecule has 37 heavy (non-hydrogen) atoms. The third-order valence-electron chi connectivity index (χ3n) is 6.04. The molecule has 5 rings (SSSR count). The van der Waals surface area contributed by atoms with E-state index >= 15 is 0 Å². The number of benzene rings is 2. The van der Waals surface area contributed by atoms with Gasteiger partial charge >= 0.3 is 0 Å². The molecular formula is C24H26N4O5S4. The number of thiophene rings is 1. The minimum atomic E-state index is -3.88. The minimum absolute atomic E-state index is 0.0146. The van der Waals surface area contributed by atoms with Crippen LogP contribution in [0, 0.1) is 0 Å². The Kier molecular flexibility index (Phi) is 7.79. The van der Waals surface area contributed by atoms with E-state index in [1.807, 2.05) is 34.9 Å². The molecule has 3 heterocycles. The SMILES string of the molecule is CN1CCOc2cc(S(=O)(=O)N[C@@H](Cc3ccc(NS(=O)O)cc3)C3=CSC(c4cccs4)N3)ccc21. The fraction of sp³-hybridized carbons (Fsp3) is 0.250. The molecule has 2 aliphatic heterocycles. The number of nitrogens with zero attached hydrogens (tertiary/aromatic N) is 1. The Labute approximate surface area is 226 Å². The molecule has 3 atom stereocenters. The quantitative estimate of drug-likeness (QED) is 0.283. The van der Waals surface area contributed by atoms with Gasteiger partial charge in [0.15, 0.2) is 0 Å². The highest BCUT2D eigenvalue weighted by Gasteiger charge is 2.30. The van der Waals surface area contributed by atoms with Crippen molar-refractivity contribution in [1.82, 2.24) is 10.0 Å². The summed E-state index contributed by atoms with van der Waals surface area (Å²) < 4.78 is 58.2. The van der Waals surface area contributed by atoms with Gasteiger partial charge in [-0.2, -0.15) is 0 Å². The average molecular weight is 579 g/mol. The number of thioether (sulfide) groups is 1. The lowest BCUT2D eigenvalue weighted by Crippen LogP contribution is -2.41. The van der Waals surface area contributed by atoms with E-state index in [1.54, 1.807) is 65.6 Å². The van der Waals surface area contributed by atoms with Crippen LogP contribution in [0.1, 0.15) is 15.8 Å². The molecule has 2 aromatic carbocycles. The molecule has 4 N–H and O–H groups in total. The van der Waals surface area contributed by atoms with Gasteiger partial charge in [0.25, 0.3) is 11.3 Å². The van der Waals surface area contributed by atoms with Gasteiger partial charge in [0.1, 0.15) is 17.7 Å². The van der Waals surface area contributed by atoms with Crippen LogP contribution in [0.5, 0.6) is 5.75 Å². The molecule has 0 spiro atoms. The second-order valence-corrected chi connectivity index (χ2v) is 12.9. The minimum Gasteiger partial charge on any atom is -0.490 e. The largest absolute Gasteiger partial charge is 0.490 e. The molecule has 2 unspecified atom stereocenters. The highest BCUT2D eigenvalue weighted by Crippen LogP contribution is 2.38. The lowest BCUT2D eigenvalue weighted by molar-refractivity contribution is 0.310. The van der Waals surface area contributed by atoms with Crippen molar-refractivity contribution in [2.45, 2.75) is 22.7 Å². The molecule has 2 aliphatic rings. The molecule has 3 aromatic rings. The number of hydrogen-bond acceptors (Lipinski definition) is 8. The number of sulfonamides is 1. The zero-order valence-corrected chi connectivity index (χ0v) is 23.1. The molecule has 9 nitrogen and oxygen atoms in total. The zero-order chi connectivity index (χ0) is 26.0. The molecule has 0 radical (unpaired) electrons. The summed E-state index contributed by atoms with van der Waals surface area (Å²) in [6.45, 7) is 1.24.